The van der Waals surface area contributed by atoms with Crippen LogP contribution in [0.1, 0.15) is 5.56 Å². The van der Waals surface area contributed by atoms with E-state index in [1.165, 1.54) is 7.11 Å². The van der Waals surface area contributed by atoms with E-state index >= 15 is 0 Å². The second-order valence-electron chi connectivity index (χ2n) is 6.45. The summed E-state index contributed by atoms with van der Waals surface area (Å²) in [6.07, 6.45) is 0.682. The molecule has 0 aliphatic carbocycles. The molecule has 3 rings (SSSR count). The maximum absolute atomic E-state index is 12.7. The molecule has 0 saturated carbocycles. The van der Waals surface area contributed by atoms with Crippen molar-refractivity contribution in [3.63, 3.8) is 0 Å². The van der Waals surface area contributed by atoms with Gasteiger partial charge in [-0.3, -0.25) is 14.9 Å². The minimum absolute atomic E-state index is 0.228. The molecule has 28 heavy (non-hydrogen) atoms. The number of ether oxygens (including phenoxy) is 1. The van der Waals surface area contributed by atoms with E-state index in [1.54, 1.807) is 24.3 Å². The number of amides is 1. The van der Waals surface area contributed by atoms with Gasteiger partial charge >= 0.3 is 0 Å². The van der Waals surface area contributed by atoms with E-state index in [9.17, 15) is 13.2 Å². The van der Waals surface area contributed by atoms with Crippen LogP contribution in [0.15, 0.2) is 54.6 Å². The Bertz CT molecular complexity index is 888. The van der Waals surface area contributed by atoms with E-state index in [1.807, 2.05) is 30.3 Å². The van der Waals surface area contributed by atoms with Crippen molar-refractivity contribution in [2.45, 2.75) is 11.8 Å². The number of hydrazine groups is 1. The lowest BCUT2D eigenvalue weighted by Gasteiger charge is -2.19. The van der Waals surface area contributed by atoms with Gasteiger partial charge in [-0.1, -0.05) is 30.3 Å². The van der Waals surface area contributed by atoms with Crippen LogP contribution in [0, 0.1) is 5.92 Å². The van der Waals surface area contributed by atoms with Crippen molar-refractivity contribution in [2.24, 2.45) is 5.92 Å². The van der Waals surface area contributed by atoms with E-state index in [4.69, 9.17) is 4.74 Å². The molecule has 2 unspecified atom stereocenters. The minimum atomic E-state index is -3.83. The van der Waals surface area contributed by atoms with Crippen molar-refractivity contribution < 1.29 is 17.9 Å². The number of nitrogens with one attached hydrogen (secondary N) is 4. The summed E-state index contributed by atoms with van der Waals surface area (Å²) in [6.45, 7) is 0.670. The molecule has 1 saturated heterocycles. The molecule has 8 nitrogen and oxygen atoms in total. The molecule has 1 fully saturated rings. The van der Waals surface area contributed by atoms with E-state index in [-0.39, 0.29) is 12.5 Å². The fraction of sp³-hybridized carbons (Fsp3) is 0.316. The Hall–Kier alpha value is -2.62. The average molecular weight is 404 g/mol. The van der Waals surface area contributed by atoms with E-state index in [0.717, 1.165) is 5.56 Å². The molecule has 0 aromatic heterocycles. The molecule has 4 N–H and O–H groups in total. The van der Waals surface area contributed by atoms with Gasteiger partial charge in [-0.2, -0.15) is 0 Å². The molecule has 2 aromatic rings. The highest BCUT2D eigenvalue weighted by Crippen LogP contribution is 2.20. The molecule has 1 aliphatic heterocycles. The lowest BCUT2D eigenvalue weighted by Crippen LogP contribution is -2.46. The van der Waals surface area contributed by atoms with Gasteiger partial charge in [-0.25, -0.2) is 13.8 Å². The van der Waals surface area contributed by atoms with Crippen LogP contribution in [-0.4, -0.2) is 39.9 Å². The van der Waals surface area contributed by atoms with Crippen LogP contribution in [0.25, 0.3) is 0 Å². The summed E-state index contributed by atoms with van der Waals surface area (Å²) in [5.41, 5.74) is 6.97. The molecular formula is C19H24N4O4S. The van der Waals surface area contributed by atoms with E-state index < -0.39 is 21.3 Å². The molecule has 2 aromatic carbocycles. The summed E-state index contributed by atoms with van der Waals surface area (Å²) >= 11 is 0. The molecule has 2 atom stereocenters. The van der Waals surface area contributed by atoms with Crippen LogP contribution >= 0.6 is 0 Å². The first-order valence-corrected chi connectivity index (χ1v) is 10.5. The summed E-state index contributed by atoms with van der Waals surface area (Å²) in [7, 11) is -2.29. The van der Waals surface area contributed by atoms with Gasteiger partial charge in [0, 0.05) is 18.8 Å². The summed E-state index contributed by atoms with van der Waals surface area (Å²) in [5, 5.41) is 1.75. The number of sulfonamides is 1. The van der Waals surface area contributed by atoms with Gasteiger partial charge in [0.15, 0.2) is 5.37 Å². The number of methoxy groups -OCH3 is 1. The van der Waals surface area contributed by atoms with Crippen LogP contribution in [0.4, 0.5) is 5.69 Å². The molecule has 0 radical (unpaired) electrons. The summed E-state index contributed by atoms with van der Waals surface area (Å²) in [6, 6.07) is 16.3. The predicted octanol–water partition coefficient (Wildman–Crippen LogP) is 0.846. The van der Waals surface area contributed by atoms with Gasteiger partial charge in [0.1, 0.15) is 5.75 Å². The van der Waals surface area contributed by atoms with Crippen molar-refractivity contribution in [2.75, 3.05) is 24.9 Å². The van der Waals surface area contributed by atoms with Crippen molar-refractivity contribution in [3.05, 3.63) is 60.2 Å². The second-order valence-corrected chi connectivity index (χ2v) is 8.26. The van der Waals surface area contributed by atoms with Crippen LogP contribution in [0.5, 0.6) is 5.75 Å². The topological polar surface area (TPSA) is 109 Å². The van der Waals surface area contributed by atoms with Crippen LogP contribution in [-0.2, 0) is 21.2 Å². The van der Waals surface area contributed by atoms with E-state index in [2.05, 4.69) is 20.9 Å². The molecule has 150 valence electrons. The Morgan fingerprint density at radius 3 is 2.54 bits per heavy atom. The number of carbonyl (C=O) groups excluding carboxylic acids is 1. The van der Waals surface area contributed by atoms with E-state index in [0.29, 0.717) is 24.4 Å². The zero-order valence-corrected chi connectivity index (χ0v) is 16.3. The van der Waals surface area contributed by atoms with Gasteiger partial charge in [0.05, 0.1) is 13.0 Å². The lowest BCUT2D eigenvalue weighted by atomic mass is 10.1. The van der Waals surface area contributed by atoms with Crippen molar-refractivity contribution >= 4 is 21.6 Å². The number of rotatable bonds is 8. The number of hydrogen-bond donors (Lipinski definition) is 4. The fourth-order valence-corrected chi connectivity index (χ4v) is 4.48. The zero-order chi connectivity index (χ0) is 20.0. The van der Waals surface area contributed by atoms with Crippen LogP contribution in [0.2, 0.25) is 0 Å². The van der Waals surface area contributed by atoms with Crippen molar-refractivity contribution in [1.82, 2.24) is 16.2 Å². The average Bonchev–Trinajstić information content (AvgIpc) is 3.20. The molecule has 0 bridgehead atoms. The Labute approximate surface area is 164 Å². The van der Waals surface area contributed by atoms with Crippen LogP contribution in [0.3, 0.4) is 0 Å². The fourth-order valence-electron chi connectivity index (χ4n) is 2.99. The second kappa shape index (κ2) is 9.05. The normalized spacial score (nSPS) is 19.2. The summed E-state index contributed by atoms with van der Waals surface area (Å²) in [5.74, 6) is -0.427. The predicted molar refractivity (Wildman–Crippen MR) is 107 cm³/mol. The SMILES string of the molecule is COc1ccc(NS(=O)(=O)C2NNCC2C(=O)NCCc2ccccc2)cc1. The zero-order valence-electron chi connectivity index (χ0n) is 15.5. The standard InChI is InChI=1S/C19H24N4O4S/c1-27-16-9-7-15(8-10-16)23-28(25,26)19-17(13-21-22-19)18(24)20-12-11-14-5-3-2-4-6-14/h2-10,17,19,21-23H,11-13H2,1H3,(H,20,24). The molecule has 0 spiro atoms. The van der Waals surface area contributed by atoms with Crippen molar-refractivity contribution in [3.8, 4) is 5.75 Å². The number of benzene rings is 2. The largest absolute Gasteiger partial charge is 0.497 e. The third-order valence-corrected chi connectivity index (χ3v) is 6.14. The minimum Gasteiger partial charge on any atom is -0.497 e. The molecule has 1 aliphatic rings. The van der Waals surface area contributed by atoms with Gasteiger partial charge in [0.2, 0.25) is 5.91 Å². The smallest absolute Gasteiger partial charge is 0.250 e. The molecule has 1 amide bonds. The molecule has 9 heteroatoms. The van der Waals surface area contributed by atoms with Gasteiger partial charge in [-0.15, -0.1) is 0 Å². The first-order valence-electron chi connectivity index (χ1n) is 8.95. The monoisotopic (exact) mass is 404 g/mol. The number of carbonyl (C=O) groups is 1. The Morgan fingerprint density at radius 1 is 1.14 bits per heavy atom. The lowest BCUT2D eigenvalue weighted by molar-refractivity contribution is -0.124. The number of hydrogen-bond acceptors (Lipinski definition) is 6. The molecule has 1 heterocycles. The Morgan fingerprint density at radius 2 is 1.86 bits per heavy atom. The maximum atomic E-state index is 12.7. The maximum Gasteiger partial charge on any atom is 0.250 e. The Balaban J connectivity index is 1.59. The van der Waals surface area contributed by atoms with Gasteiger partial charge in [0.25, 0.3) is 10.0 Å². The summed E-state index contributed by atoms with van der Waals surface area (Å²) < 4.78 is 33.1. The van der Waals surface area contributed by atoms with Crippen LogP contribution < -0.4 is 25.6 Å². The Kier molecular flexibility index (Phi) is 6.50. The highest BCUT2D eigenvalue weighted by molar-refractivity contribution is 7.93. The van der Waals surface area contributed by atoms with Gasteiger partial charge in [-0.05, 0) is 36.2 Å². The summed E-state index contributed by atoms with van der Waals surface area (Å²) in [4.78, 5) is 12.5. The highest BCUT2D eigenvalue weighted by Gasteiger charge is 2.41. The highest BCUT2D eigenvalue weighted by atomic mass is 32.2. The first-order chi connectivity index (χ1) is 13.5. The first kappa shape index (κ1) is 20.1. The third kappa shape index (κ3) is 5.00. The van der Waals surface area contributed by atoms with Gasteiger partial charge < -0.3 is 10.1 Å². The number of anilines is 1. The quantitative estimate of drug-likeness (QED) is 0.519. The molecular weight excluding hydrogens is 380 g/mol. The van der Waals surface area contributed by atoms with Crippen molar-refractivity contribution in [1.29, 1.82) is 0 Å². The third-order valence-electron chi connectivity index (χ3n) is 4.51.